The fourth-order valence-electron chi connectivity index (χ4n) is 2.03. The lowest BCUT2D eigenvalue weighted by Crippen LogP contribution is -1.96. The van der Waals surface area contributed by atoms with Gasteiger partial charge in [-0.25, -0.2) is 4.98 Å². The van der Waals surface area contributed by atoms with Crippen molar-refractivity contribution < 1.29 is 4.74 Å². The van der Waals surface area contributed by atoms with Crippen LogP contribution in [-0.4, -0.2) is 16.2 Å². The molecule has 1 heterocycles. The molecule has 0 amide bonds. The quantitative estimate of drug-likeness (QED) is 0.839. The predicted molar refractivity (Wildman–Crippen MR) is 80.7 cm³/mol. The third-order valence-electron chi connectivity index (χ3n) is 3.17. The molecule has 2 rings (SSSR count). The maximum absolute atomic E-state index is 5.52. The van der Waals surface area contributed by atoms with E-state index in [9.17, 15) is 0 Å². The minimum atomic E-state index is 0.703. The summed E-state index contributed by atoms with van der Waals surface area (Å²) < 4.78 is 8.65. The maximum atomic E-state index is 5.52. The van der Waals surface area contributed by atoms with Gasteiger partial charge in [-0.1, -0.05) is 12.1 Å². The van der Waals surface area contributed by atoms with Crippen molar-refractivity contribution in [3.8, 4) is 5.75 Å². The lowest BCUT2D eigenvalue weighted by molar-refractivity contribution is 0.340. The average Bonchev–Trinajstić information content (AvgIpc) is 2.65. The first-order valence-electron chi connectivity index (χ1n) is 6.51. The van der Waals surface area contributed by atoms with Crippen LogP contribution in [0.4, 0.5) is 0 Å². The normalized spacial score (nSPS) is 10.7. The topological polar surface area (TPSA) is 27.1 Å². The zero-order valence-corrected chi connectivity index (χ0v) is 13.2. The van der Waals surface area contributed by atoms with Crippen LogP contribution in [0.25, 0.3) is 0 Å². The van der Waals surface area contributed by atoms with E-state index in [4.69, 9.17) is 4.74 Å². The van der Waals surface area contributed by atoms with Crippen molar-refractivity contribution in [3.63, 3.8) is 0 Å². The lowest BCUT2D eigenvalue weighted by atomic mass is 10.1. The summed E-state index contributed by atoms with van der Waals surface area (Å²) in [5.41, 5.74) is 2.39. The van der Waals surface area contributed by atoms with Crippen molar-refractivity contribution in [1.82, 2.24) is 9.55 Å². The minimum Gasteiger partial charge on any atom is -0.494 e. The van der Waals surface area contributed by atoms with E-state index in [0.717, 1.165) is 34.7 Å². The van der Waals surface area contributed by atoms with E-state index in [1.807, 2.05) is 33.0 Å². The van der Waals surface area contributed by atoms with E-state index < -0.39 is 0 Å². The van der Waals surface area contributed by atoms with E-state index in [-0.39, 0.29) is 0 Å². The Labute approximate surface area is 122 Å². The summed E-state index contributed by atoms with van der Waals surface area (Å²) in [5.74, 6) is 1.97. The SMILES string of the molecule is CCOc1cccc(CCc2nc(C)n(C)c2Br)c1. The largest absolute Gasteiger partial charge is 0.494 e. The first-order chi connectivity index (χ1) is 9.11. The van der Waals surface area contributed by atoms with Gasteiger partial charge in [0.1, 0.15) is 16.2 Å². The molecule has 4 heteroatoms. The Balaban J connectivity index is 2.05. The van der Waals surface area contributed by atoms with Crippen molar-refractivity contribution in [2.24, 2.45) is 7.05 Å². The molecule has 102 valence electrons. The van der Waals surface area contributed by atoms with Gasteiger partial charge in [-0.05, 0) is 60.3 Å². The van der Waals surface area contributed by atoms with Crippen molar-refractivity contribution in [2.45, 2.75) is 26.7 Å². The molecular formula is C15H19BrN2O. The van der Waals surface area contributed by atoms with Crippen LogP contribution in [0.2, 0.25) is 0 Å². The monoisotopic (exact) mass is 322 g/mol. The standard InChI is InChI=1S/C15H19BrN2O/c1-4-19-13-7-5-6-12(10-13)8-9-14-15(16)18(3)11(2)17-14/h5-7,10H,4,8-9H2,1-3H3. The molecule has 0 aliphatic carbocycles. The fourth-order valence-corrected chi connectivity index (χ4v) is 2.57. The highest BCUT2D eigenvalue weighted by molar-refractivity contribution is 9.10. The number of hydrogen-bond donors (Lipinski definition) is 0. The first-order valence-corrected chi connectivity index (χ1v) is 7.30. The van der Waals surface area contributed by atoms with Gasteiger partial charge in [-0.15, -0.1) is 0 Å². The number of hydrogen-bond acceptors (Lipinski definition) is 2. The number of rotatable bonds is 5. The smallest absolute Gasteiger partial charge is 0.119 e. The molecule has 0 N–H and O–H groups in total. The third kappa shape index (κ3) is 3.38. The van der Waals surface area contributed by atoms with E-state index in [2.05, 4.69) is 37.6 Å². The van der Waals surface area contributed by atoms with Crippen LogP contribution in [0.5, 0.6) is 5.75 Å². The highest BCUT2D eigenvalue weighted by Gasteiger charge is 2.09. The Morgan fingerprint density at radius 2 is 2.11 bits per heavy atom. The number of nitrogens with zero attached hydrogens (tertiary/aromatic N) is 2. The van der Waals surface area contributed by atoms with Crippen LogP contribution < -0.4 is 4.74 Å². The zero-order chi connectivity index (χ0) is 13.8. The summed E-state index contributed by atoms with van der Waals surface area (Å²) >= 11 is 3.59. The van der Waals surface area contributed by atoms with Gasteiger partial charge < -0.3 is 9.30 Å². The molecule has 0 atom stereocenters. The molecule has 3 nitrogen and oxygen atoms in total. The molecule has 0 radical (unpaired) electrons. The molecule has 0 aliphatic heterocycles. The second kappa shape index (κ2) is 6.24. The number of benzene rings is 1. The van der Waals surface area contributed by atoms with E-state index in [1.165, 1.54) is 5.56 Å². The molecule has 0 fully saturated rings. The molecule has 2 aromatic rings. The molecule has 0 saturated carbocycles. The Kier molecular flexibility index (Phi) is 4.64. The summed E-state index contributed by atoms with van der Waals surface area (Å²) in [6, 6.07) is 8.27. The van der Waals surface area contributed by atoms with Gasteiger partial charge >= 0.3 is 0 Å². The zero-order valence-electron chi connectivity index (χ0n) is 11.6. The van der Waals surface area contributed by atoms with Crippen LogP contribution in [0.3, 0.4) is 0 Å². The van der Waals surface area contributed by atoms with Gasteiger partial charge in [0.2, 0.25) is 0 Å². The van der Waals surface area contributed by atoms with Gasteiger partial charge in [0.15, 0.2) is 0 Å². The van der Waals surface area contributed by atoms with Crippen molar-refractivity contribution >= 4 is 15.9 Å². The van der Waals surface area contributed by atoms with Crippen LogP contribution >= 0.6 is 15.9 Å². The Bertz CT molecular complexity index is 563. The number of aryl methyl sites for hydroxylation is 3. The molecule has 19 heavy (non-hydrogen) atoms. The summed E-state index contributed by atoms with van der Waals surface area (Å²) in [6.07, 6.45) is 1.90. The van der Waals surface area contributed by atoms with Crippen molar-refractivity contribution in [2.75, 3.05) is 6.61 Å². The molecule has 0 unspecified atom stereocenters. The van der Waals surface area contributed by atoms with Crippen LogP contribution in [0.1, 0.15) is 24.0 Å². The average molecular weight is 323 g/mol. The molecule has 0 spiro atoms. The Morgan fingerprint density at radius 3 is 2.74 bits per heavy atom. The molecule has 1 aromatic heterocycles. The van der Waals surface area contributed by atoms with Gasteiger partial charge in [-0.3, -0.25) is 0 Å². The van der Waals surface area contributed by atoms with E-state index in [1.54, 1.807) is 0 Å². The number of imidazole rings is 1. The maximum Gasteiger partial charge on any atom is 0.119 e. The van der Waals surface area contributed by atoms with Gasteiger partial charge in [0.25, 0.3) is 0 Å². The molecule has 0 bridgehead atoms. The minimum absolute atomic E-state index is 0.703. The first kappa shape index (κ1) is 14.1. The van der Waals surface area contributed by atoms with Gasteiger partial charge in [0.05, 0.1) is 12.3 Å². The van der Waals surface area contributed by atoms with E-state index >= 15 is 0 Å². The predicted octanol–water partition coefficient (Wildman–Crippen LogP) is 3.67. The lowest BCUT2D eigenvalue weighted by Gasteiger charge is -2.05. The second-order valence-corrected chi connectivity index (χ2v) is 5.29. The number of ether oxygens (including phenoxy) is 1. The Hall–Kier alpha value is -1.29. The highest BCUT2D eigenvalue weighted by Crippen LogP contribution is 2.20. The fraction of sp³-hybridized carbons (Fsp3) is 0.400. The summed E-state index contributed by atoms with van der Waals surface area (Å²) in [6.45, 7) is 4.72. The number of halogens is 1. The van der Waals surface area contributed by atoms with Crippen LogP contribution in [-0.2, 0) is 19.9 Å². The molecular weight excluding hydrogens is 304 g/mol. The number of aromatic nitrogens is 2. The summed E-state index contributed by atoms with van der Waals surface area (Å²) in [4.78, 5) is 4.57. The summed E-state index contributed by atoms with van der Waals surface area (Å²) in [7, 11) is 2.02. The highest BCUT2D eigenvalue weighted by atomic mass is 79.9. The molecule has 0 saturated heterocycles. The van der Waals surface area contributed by atoms with Crippen LogP contribution in [0.15, 0.2) is 28.9 Å². The van der Waals surface area contributed by atoms with Gasteiger partial charge in [-0.2, -0.15) is 0 Å². The van der Waals surface area contributed by atoms with Crippen molar-refractivity contribution in [1.29, 1.82) is 0 Å². The van der Waals surface area contributed by atoms with Gasteiger partial charge in [0, 0.05) is 7.05 Å². The van der Waals surface area contributed by atoms with Crippen LogP contribution in [0, 0.1) is 6.92 Å². The Morgan fingerprint density at radius 1 is 1.32 bits per heavy atom. The third-order valence-corrected chi connectivity index (χ3v) is 4.16. The summed E-state index contributed by atoms with van der Waals surface area (Å²) in [5, 5.41) is 0. The van der Waals surface area contributed by atoms with Crippen molar-refractivity contribution in [3.05, 3.63) is 46.0 Å². The van der Waals surface area contributed by atoms with E-state index in [0.29, 0.717) is 6.61 Å². The molecule has 0 aliphatic rings. The second-order valence-electron chi connectivity index (χ2n) is 4.54. The molecule has 1 aromatic carbocycles.